The molecule has 0 aliphatic heterocycles. The summed E-state index contributed by atoms with van der Waals surface area (Å²) in [5, 5.41) is 12.9. The topological polar surface area (TPSA) is 84.2 Å². The van der Waals surface area contributed by atoms with E-state index in [1.165, 1.54) is 88.8 Å². The number of imidazole rings is 1. The lowest BCUT2D eigenvalue weighted by atomic mass is 9.95. The molecule has 39 heavy (non-hydrogen) atoms. The summed E-state index contributed by atoms with van der Waals surface area (Å²) in [7, 11) is 3.82. The minimum absolute atomic E-state index is 0.555. The zero-order valence-electron chi connectivity index (χ0n) is 24.2. The third-order valence-electron chi connectivity index (χ3n) is 7.21. The maximum atomic E-state index is 6.56. The Morgan fingerprint density at radius 2 is 1.62 bits per heavy atom. The number of aromatic amines is 1. The number of ether oxygens (including phenoxy) is 1. The Morgan fingerprint density at radius 1 is 0.923 bits per heavy atom. The fourth-order valence-electron chi connectivity index (χ4n) is 4.94. The molecule has 8 nitrogen and oxygen atoms in total. The molecule has 0 saturated carbocycles. The van der Waals surface area contributed by atoms with Gasteiger partial charge >= 0.3 is 0 Å². The third-order valence-corrected chi connectivity index (χ3v) is 8.18. The van der Waals surface area contributed by atoms with Crippen LogP contribution >= 0.6 is 11.8 Å². The summed E-state index contributed by atoms with van der Waals surface area (Å²) in [6.07, 6.45) is 17.3. The highest BCUT2D eigenvalue weighted by Gasteiger charge is 2.21. The van der Waals surface area contributed by atoms with Crippen molar-refractivity contribution >= 4 is 34.4 Å². The van der Waals surface area contributed by atoms with Gasteiger partial charge in [0.2, 0.25) is 11.8 Å². The first-order valence-electron chi connectivity index (χ1n) is 14.8. The van der Waals surface area contributed by atoms with Gasteiger partial charge in [0.25, 0.3) is 0 Å². The zero-order chi connectivity index (χ0) is 27.5. The summed E-state index contributed by atoms with van der Waals surface area (Å²) in [4.78, 5) is 12.1. The molecule has 1 N–H and O–H groups in total. The van der Waals surface area contributed by atoms with Gasteiger partial charge in [0.1, 0.15) is 9.92 Å². The van der Waals surface area contributed by atoms with Gasteiger partial charge in [-0.1, -0.05) is 102 Å². The van der Waals surface area contributed by atoms with Crippen LogP contribution in [0.15, 0.2) is 40.4 Å². The van der Waals surface area contributed by atoms with Gasteiger partial charge in [-0.05, 0) is 30.9 Å². The summed E-state index contributed by atoms with van der Waals surface area (Å²) in [6, 6.07) is 8.16. The molecule has 0 spiro atoms. The molecule has 0 fully saturated rings. The number of unbranched alkanes of at least 4 members (excludes halogenated alkanes) is 8. The van der Waals surface area contributed by atoms with Crippen LogP contribution in [0.1, 0.15) is 90.9 Å². The molecule has 4 rings (SSSR count). The summed E-state index contributed by atoms with van der Waals surface area (Å²) < 4.78 is 8.58. The number of benzene rings is 1. The van der Waals surface area contributed by atoms with Crippen molar-refractivity contribution in [2.45, 2.75) is 101 Å². The number of nitrogens with one attached hydrogen (secondary N) is 1. The van der Waals surface area contributed by atoms with E-state index in [2.05, 4.69) is 40.2 Å². The fourth-order valence-corrected chi connectivity index (χ4v) is 5.76. The molecule has 1 atom stereocenters. The first kappa shape index (κ1) is 29.2. The summed E-state index contributed by atoms with van der Waals surface area (Å²) in [6.45, 7) is 5.26. The van der Waals surface area contributed by atoms with Crippen molar-refractivity contribution in [2.75, 3.05) is 25.6 Å². The van der Waals surface area contributed by atoms with Gasteiger partial charge in [0.05, 0.1) is 23.8 Å². The predicted molar refractivity (Wildman–Crippen MR) is 161 cm³/mol. The third kappa shape index (κ3) is 8.10. The second-order valence-electron chi connectivity index (χ2n) is 10.7. The largest absolute Gasteiger partial charge is 0.477 e. The van der Waals surface area contributed by atoms with Crippen LogP contribution in [0.3, 0.4) is 0 Å². The Morgan fingerprint density at radius 3 is 2.31 bits per heavy atom. The smallest absolute Gasteiger partial charge is 0.244 e. The van der Waals surface area contributed by atoms with Crippen molar-refractivity contribution in [2.24, 2.45) is 5.92 Å². The lowest BCUT2D eigenvalue weighted by Crippen LogP contribution is -2.13. The second-order valence-corrected chi connectivity index (χ2v) is 11.7. The number of nitrogens with zero attached hydrogens (tertiary/aromatic N) is 6. The monoisotopic (exact) mass is 551 g/mol. The SMILES string of the molecule is CCCCCCCCC(CCCCCC)COc1[nH]n2c(nc3ccccc32)c1Sc1cnc(N(C)C)nn1. The quantitative estimate of drug-likeness (QED) is 0.126. The second kappa shape index (κ2) is 15.1. The van der Waals surface area contributed by atoms with Crippen LogP contribution in [-0.4, -0.2) is 50.5 Å². The van der Waals surface area contributed by atoms with E-state index in [1.54, 1.807) is 6.20 Å². The molecule has 0 saturated heterocycles. The van der Waals surface area contributed by atoms with Gasteiger partial charge in [-0.25, -0.2) is 14.5 Å². The van der Waals surface area contributed by atoms with Crippen molar-refractivity contribution in [3.05, 3.63) is 30.5 Å². The van der Waals surface area contributed by atoms with Gasteiger partial charge < -0.3 is 9.64 Å². The highest BCUT2D eigenvalue weighted by atomic mass is 32.2. The number of aromatic nitrogens is 6. The Balaban J connectivity index is 1.51. The van der Waals surface area contributed by atoms with E-state index < -0.39 is 0 Å². The van der Waals surface area contributed by atoms with E-state index in [4.69, 9.17) is 9.72 Å². The van der Waals surface area contributed by atoms with Crippen LogP contribution in [0.25, 0.3) is 16.7 Å². The molecular formula is C30H45N7OS. The molecule has 3 heterocycles. The minimum atomic E-state index is 0.555. The normalized spacial score (nSPS) is 12.4. The first-order valence-corrected chi connectivity index (χ1v) is 15.6. The van der Waals surface area contributed by atoms with E-state index in [0.29, 0.717) is 23.5 Å². The van der Waals surface area contributed by atoms with Crippen LogP contribution in [-0.2, 0) is 0 Å². The van der Waals surface area contributed by atoms with Gasteiger partial charge in [-0.3, -0.25) is 5.10 Å². The van der Waals surface area contributed by atoms with E-state index in [9.17, 15) is 0 Å². The van der Waals surface area contributed by atoms with Crippen LogP contribution in [0.5, 0.6) is 5.88 Å². The molecule has 0 amide bonds. The van der Waals surface area contributed by atoms with Gasteiger partial charge in [0, 0.05) is 14.1 Å². The number of H-pyrrole nitrogens is 1. The molecule has 0 aliphatic rings. The number of hydrogen-bond acceptors (Lipinski definition) is 7. The number of fused-ring (bicyclic) bond motifs is 3. The van der Waals surface area contributed by atoms with Crippen LogP contribution in [0, 0.1) is 5.92 Å². The molecular weight excluding hydrogens is 506 g/mol. The molecule has 4 aromatic rings. The van der Waals surface area contributed by atoms with Crippen molar-refractivity contribution < 1.29 is 4.74 Å². The Bertz CT molecular complexity index is 1270. The van der Waals surface area contributed by atoms with Gasteiger partial charge in [-0.2, -0.15) is 0 Å². The van der Waals surface area contributed by atoms with Crippen LogP contribution in [0.2, 0.25) is 0 Å². The predicted octanol–water partition coefficient (Wildman–Crippen LogP) is 7.93. The number of para-hydroxylation sites is 2. The molecule has 3 aromatic heterocycles. The number of anilines is 1. The van der Waals surface area contributed by atoms with Crippen LogP contribution < -0.4 is 9.64 Å². The summed E-state index contributed by atoms with van der Waals surface area (Å²) in [5.74, 6) is 1.88. The maximum absolute atomic E-state index is 6.56. The number of hydrogen-bond donors (Lipinski definition) is 1. The summed E-state index contributed by atoms with van der Waals surface area (Å²) in [5.41, 5.74) is 2.81. The average Bonchev–Trinajstić information content (AvgIpc) is 3.47. The maximum Gasteiger partial charge on any atom is 0.244 e. The van der Waals surface area contributed by atoms with Gasteiger partial charge in [0.15, 0.2) is 5.65 Å². The van der Waals surface area contributed by atoms with Crippen molar-refractivity contribution in [3.63, 3.8) is 0 Å². The zero-order valence-corrected chi connectivity index (χ0v) is 25.0. The lowest BCUT2D eigenvalue weighted by Gasteiger charge is -2.18. The van der Waals surface area contributed by atoms with Crippen molar-refractivity contribution in [1.82, 2.24) is 29.8 Å². The van der Waals surface area contributed by atoms with Gasteiger partial charge in [-0.15, -0.1) is 10.2 Å². The Labute approximate surface area is 237 Å². The van der Waals surface area contributed by atoms with Crippen molar-refractivity contribution in [3.8, 4) is 5.88 Å². The standard InChI is InChI=1S/C30H45N7OS/c1-5-7-9-11-12-14-18-23(17-13-10-8-6-2)22-38-29-27(39-26-21-31-30(34-33-26)36(3)4)28-32-24-19-15-16-20-25(24)37(28)35-29/h15-16,19-21,23,35H,5-14,17-18,22H2,1-4H3. The van der Waals surface area contributed by atoms with E-state index in [-0.39, 0.29) is 0 Å². The molecule has 212 valence electrons. The highest BCUT2D eigenvalue weighted by molar-refractivity contribution is 7.99. The lowest BCUT2D eigenvalue weighted by molar-refractivity contribution is 0.213. The van der Waals surface area contributed by atoms with E-state index in [0.717, 1.165) is 27.5 Å². The van der Waals surface area contributed by atoms with E-state index in [1.807, 2.05) is 41.7 Å². The van der Waals surface area contributed by atoms with E-state index >= 15 is 0 Å². The molecule has 1 unspecified atom stereocenters. The number of rotatable bonds is 18. The average molecular weight is 552 g/mol. The fraction of sp³-hybridized carbons (Fsp3) is 0.600. The minimum Gasteiger partial charge on any atom is -0.477 e. The van der Waals surface area contributed by atoms with Crippen LogP contribution in [0.4, 0.5) is 5.95 Å². The molecule has 0 radical (unpaired) electrons. The molecule has 1 aromatic carbocycles. The molecule has 0 bridgehead atoms. The molecule has 9 heteroatoms. The molecule has 0 aliphatic carbocycles. The first-order chi connectivity index (χ1) is 19.1. The highest BCUT2D eigenvalue weighted by Crippen LogP contribution is 2.38. The Kier molecular flexibility index (Phi) is 11.3. The Hall–Kier alpha value is -2.81. The summed E-state index contributed by atoms with van der Waals surface area (Å²) >= 11 is 1.50. The van der Waals surface area contributed by atoms with Crippen molar-refractivity contribution in [1.29, 1.82) is 0 Å².